The molecule has 0 unspecified atom stereocenters. The van der Waals surface area contributed by atoms with Gasteiger partial charge in [0.15, 0.2) is 0 Å². The molecule has 1 aliphatic rings. The Hall–Kier alpha value is -3.06. The average molecular weight is 510 g/mol. The van der Waals surface area contributed by atoms with Crippen LogP contribution in [0.4, 0.5) is 0 Å². The van der Waals surface area contributed by atoms with E-state index in [4.69, 9.17) is 24.3 Å². The van der Waals surface area contributed by atoms with Gasteiger partial charge in [0, 0.05) is 18.4 Å². The monoisotopic (exact) mass is 509 g/mol. The van der Waals surface area contributed by atoms with Crippen LogP contribution in [-0.2, 0) is 30.5 Å². The Kier molecular flexibility index (Phi) is 9.23. The fourth-order valence-corrected chi connectivity index (χ4v) is 5.43. The zero-order valence-corrected chi connectivity index (χ0v) is 22.0. The predicted octanol–water partition coefficient (Wildman–Crippen LogP) is 6.52. The van der Waals surface area contributed by atoms with Crippen LogP contribution in [0, 0.1) is 0 Å². The first-order valence-corrected chi connectivity index (χ1v) is 13.7. The summed E-state index contributed by atoms with van der Waals surface area (Å²) in [7, 11) is 0. The smallest absolute Gasteiger partial charge is 0.303 e. The maximum atomic E-state index is 10.9. The van der Waals surface area contributed by atoms with Crippen LogP contribution in [0.2, 0.25) is 0 Å². The number of nitrogens with zero attached hydrogens (tertiary/aromatic N) is 1. The molecule has 0 atom stereocenters. The molecule has 192 valence electrons. The van der Waals surface area contributed by atoms with Gasteiger partial charge in [0.1, 0.15) is 16.5 Å². The second-order valence-electron chi connectivity index (χ2n) is 9.00. The minimum atomic E-state index is -0.773. The zero-order chi connectivity index (χ0) is 25.3. The van der Waals surface area contributed by atoms with E-state index in [-0.39, 0.29) is 6.42 Å². The molecule has 0 amide bonds. The number of benzene rings is 2. The third-order valence-corrected chi connectivity index (χ3v) is 7.40. The molecule has 6 nitrogen and oxygen atoms in total. The summed E-state index contributed by atoms with van der Waals surface area (Å²) in [5, 5.41) is 9.96. The third-order valence-electron chi connectivity index (χ3n) is 6.26. The number of carboxylic acids is 1. The summed E-state index contributed by atoms with van der Waals surface area (Å²) in [6.45, 7) is 6.15. The first-order valence-electron chi connectivity index (χ1n) is 12.9. The lowest BCUT2D eigenvalue weighted by molar-refractivity contribution is -0.136. The van der Waals surface area contributed by atoms with E-state index in [1.807, 2.05) is 18.2 Å². The molecule has 0 saturated heterocycles. The van der Waals surface area contributed by atoms with Crippen molar-refractivity contribution in [1.82, 2.24) is 4.98 Å². The molecule has 0 bridgehead atoms. The van der Waals surface area contributed by atoms with Crippen molar-refractivity contribution >= 4 is 17.3 Å². The number of aryl methyl sites for hydroxylation is 4. The summed E-state index contributed by atoms with van der Waals surface area (Å²) >= 11 is 1.73. The van der Waals surface area contributed by atoms with Crippen molar-refractivity contribution < 1.29 is 24.1 Å². The highest BCUT2D eigenvalue weighted by Gasteiger charge is 2.18. The van der Waals surface area contributed by atoms with Crippen LogP contribution in [0.25, 0.3) is 10.6 Å². The lowest BCUT2D eigenvalue weighted by atomic mass is 10.0. The van der Waals surface area contributed by atoms with E-state index >= 15 is 0 Å². The number of fused-ring (bicyclic) bond motifs is 1. The van der Waals surface area contributed by atoms with Gasteiger partial charge in [0.05, 0.1) is 24.7 Å². The molecule has 0 aliphatic carbocycles. The van der Waals surface area contributed by atoms with Crippen molar-refractivity contribution in [2.45, 2.75) is 65.2 Å². The molecule has 0 spiro atoms. The number of thiazole rings is 1. The molecule has 2 heterocycles. The van der Waals surface area contributed by atoms with Crippen LogP contribution in [0.5, 0.6) is 17.4 Å². The number of carboxylic acid groups (broad SMARTS) is 1. The van der Waals surface area contributed by atoms with Gasteiger partial charge in [-0.1, -0.05) is 26.3 Å². The molecular formula is C29H35NO5S. The molecule has 2 aromatic carbocycles. The molecule has 1 aromatic heterocycles. The van der Waals surface area contributed by atoms with Crippen molar-refractivity contribution in [3.05, 3.63) is 58.0 Å². The topological polar surface area (TPSA) is 77.9 Å². The van der Waals surface area contributed by atoms with E-state index in [0.29, 0.717) is 19.6 Å². The highest BCUT2D eigenvalue weighted by Crippen LogP contribution is 2.37. The quantitative estimate of drug-likeness (QED) is 0.265. The van der Waals surface area contributed by atoms with Gasteiger partial charge < -0.3 is 19.3 Å². The largest absolute Gasteiger partial charge is 0.493 e. The average Bonchev–Trinajstić information content (AvgIpc) is 3.33. The summed E-state index contributed by atoms with van der Waals surface area (Å²) < 4.78 is 17.8. The fourth-order valence-electron chi connectivity index (χ4n) is 4.39. The van der Waals surface area contributed by atoms with Crippen molar-refractivity contribution in [2.75, 3.05) is 19.8 Å². The van der Waals surface area contributed by atoms with Crippen LogP contribution in [0.3, 0.4) is 0 Å². The van der Waals surface area contributed by atoms with Gasteiger partial charge in [-0.25, -0.2) is 4.98 Å². The Bertz CT molecular complexity index is 1150. The Morgan fingerprint density at radius 2 is 1.92 bits per heavy atom. The molecule has 1 aliphatic heterocycles. The summed E-state index contributed by atoms with van der Waals surface area (Å²) in [6, 6.07) is 12.3. The molecule has 0 radical (unpaired) electrons. The third kappa shape index (κ3) is 6.78. The zero-order valence-electron chi connectivity index (χ0n) is 21.2. The van der Waals surface area contributed by atoms with Gasteiger partial charge in [-0.3, -0.25) is 4.79 Å². The van der Waals surface area contributed by atoms with Gasteiger partial charge in [0.2, 0.25) is 5.88 Å². The Morgan fingerprint density at radius 1 is 1.06 bits per heavy atom. The van der Waals surface area contributed by atoms with Gasteiger partial charge in [-0.05, 0) is 79.1 Å². The van der Waals surface area contributed by atoms with Crippen LogP contribution in [0.15, 0.2) is 36.4 Å². The number of carbonyl (C=O) groups is 1. The van der Waals surface area contributed by atoms with E-state index in [0.717, 1.165) is 84.2 Å². The Morgan fingerprint density at radius 3 is 2.69 bits per heavy atom. The van der Waals surface area contributed by atoms with Gasteiger partial charge >= 0.3 is 5.97 Å². The van der Waals surface area contributed by atoms with E-state index in [1.165, 1.54) is 10.4 Å². The Balaban J connectivity index is 1.30. The normalized spacial score (nSPS) is 12.6. The van der Waals surface area contributed by atoms with Crippen molar-refractivity contribution in [1.29, 1.82) is 0 Å². The summed E-state index contributed by atoms with van der Waals surface area (Å²) in [5.74, 6) is 1.77. The lowest BCUT2D eigenvalue weighted by Gasteiger charge is -2.14. The van der Waals surface area contributed by atoms with Crippen LogP contribution >= 0.6 is 11.3 Å². The van der Waals surface area contributed by atoms with E-state index in [2.05, 4.69) is 32.0 Å². The predicted molar refractivity (Wildman–Crippen MR) is 143 cm³/mol. The molecular weight excluding hydrogens is 474 g/mol. The van der Waals surface area contributed by atoms with E-state index in [1.54, 1.807) is 11.3 Å². The SMILES string of the molecule is CCCc1cc(-c2nc3c(s2)CCCO3)ccc1OCCCOc1ccc(CCC(=O)O)c(CC)c1. The second-order valence-corrected chi connectivity index (χ2v) is 10.1. The molecule has 1 N–H and O–H groups in total. The van der Waals surface area contributed by atoms with Gasteiger partial charge in [-0.2, -0.15) is 0 Å². The van der Waals surface area contributed by atoms with Crippen LogP contribution in [-0.4, -0.2) is 35.9 Å². The lowest BCUT2D eigenvalue weighted by Crippen LogP contribution is -2.07. The molecule has 3 aromatic rings. The first-order chi connectivity index (χ1) is 17.6. The first kappa shape index (κ1) is 26.0. The minimum absolute atomic E-state index is 0.145. The highest BCUT2D eigenvalue weighted by molar-refractivity contribution is 7.15. The summed E-state index contributed by atoms with van der Waals surface area (Å²) in [4.78, 5) is 16.8. The number of ether oxygens (including phenoxy) is 3. The number of rotatable bonds is 13. The molecule has 7 heteroatoms. The summed E-state index contributed by atoms with van der Waals surface area (Å²) in [6.07, 6.45) is 6.42. The second kappa shape index (κ2) is 12.8. The highest BCUT2D eigenvalue weighted by atomic mass is 32.1. The minimum Gasteiger partial charge on any atom is -0.493 e. The van der Waals surface area contributed by atoms with Gasteiger partial charge in [0.25, 0.3) is 0 Å². The molecule has 36 heavy (non-hydrogen) atoms. The van der Waals surface area contributed by atoms with E-state index < -0.39 is 5.97 Å². The van der Waals surface area contributed by atoms with Crippen LogP contribution in [0.1, 0.15) is 61.1 Å². The van der Waals surface area contributed by atoms with Crippen molar-refractivity contribution in [3.8, 4) is 28.0 Å². The van der Waals surface area contributed by atoms with E-state index in [9.17, 15) is 4.79 Å². The summed E-state index contributed by atoms with van der Waals surface area (Å²) in [5.41, 5.74) is 4.54. The fraction of sp³-hybridized carbons (Fsp3) is 0.448. The van der Waals surface area contributed by atoms with Gasteiger partial charge in [-0.15, -0.1) is 11.3 Å². The Labute approximate surface area is 217 Å². The number of hydrogen-bond acceptors (Lipinski definition) is 6. The van der Waals surface area contributed by atoms with Crippen LogP contribution < -0.4 is 14.2 Å². The van der Waals surface area contributed by atoms with Crippen molar-refractivity contribution in [3.63, 3.8) is 0 Å². The molecule has 4 rings (SSSR count). The maximum absolute atomic E-state index is 10.9. The number of aliphatic carboxylic acids is 1. The number of aromatic nitrogens is 1. The van der Waals surface area contributed by atoms with Crippen molar-refractivity contribution in [2.24, 2.45) is 0 Å². The molecule has 0 fully saturated rings. The molecule has 0 saturated carbocycles. The maximum Gasteiger partial charge on any atom is 0.303 e. The standard InChI is InChI=1S/C29H35NO5S/c1-3-7-22-18-23(29-30-28-26(36-29)8-5-15-35-28)10-13-25(22)34-17-6-16-33-24-12-9-21(11-14-27(31)32)20(4-2)19-24/h9-10,12-13,18-19H,3-8,11,14-17H2,1-2H3,(H,31,32). The number of hydrogen-bond donors (Lipinski definition) is 1.